The molecule has 0 aliphatic rings. The summed E-state index contributed by atoms with van der Waals surface area (Å²) >= 11 is 0. The van der Waals surface area contributed by atoms with Gasteiger partial charge in [-0.25, -0.2) is 0 Å². The van der Waals surface area contributed by atoms with Gasteiger partial charge in [0.25, 0.3) is 0 Å². The van der Waals surface area contributed by atoms with Crippen LogP contribution in [0.25, 0.3) is 0 Å². The van der Waals surface area contributed by atoms with Gasteiger partial charge in [0.15, 0.2) is 17.3 Å². The van der Waals surface area contributed by atoms with E-state index >= 15 is 0 Å². The number of hydrogen-bond donors (Lipinski definition) is 3. The van der Waals surface area contributed by atoms with Crippen LogP contribution < -0.4 is 0 Å². The van der Waals surface area contributed by atoms with E-state index in [4.69, 9.17) is 0 Å². The standard InChI is InChI=1S/C11H12O6/c1-5(12)9-6(4-8(14)17-2)3-7(13)10(15)11(9)16/h3,13,15-16H,4H2,1-2H3. The molecule has 17 heavy (non-hydrogen) atoms. The highest BCUT2D eigenvalue weighted by Crippen LogP contribution is 2.39. The molecular formula is C11H12O6. The van der Waals surface area contributed by atoms with Crippen molar-refractivity contribution in [2.24, 2.45) is 0 Å². The highest BCUT2D eigenvalue weighted by Gasteiger charge is 2.21. The molecule has 3 N–H and O–H groups in total. The zero-order valence-corrected chi connectivity index (χ0v) is 9.35. The van der Waals surface area contributed by atoms with Crippen LogP contribution in [0.3, 0.4) is 0 Å². The number of ketones is 1. The number of phenolic OH excluding ortho intramolecular Hbond substituents is 3. The molecule has 0 bridgehead atoms. The van der Waals surface area contributed by atoms with E-state index in [1.807, 2.05) is 0 Å². The van der Waals surface area contributed by atoms with Crippen LogP contribution in [-0.4, -0.2) is 34.2 Å². The van der Waals surface area contributed by atoms with Crippen LogP contribution >= 0.6 is 0 Å². The van der Waals surface area contributed by atoms with Gasteiger partial charge in [0.2, 0.25) is 5.75 Å². The van der Waals surface area contributed by atoms with Gasteiger partial charge in [-0.05, 0) is 18.6 Å². The number of carbonyl (C=O) groups excluding carboxylic acids is 2. The lowest BCUT2D eigenvalue weighted by molar-refractivity contribution is -0.139. The van der Waals surface area contributed by atoms with E-state index in [1.54, 1.807) is 0 Å². The maximum Gasteiger partial charge on any atom is 0.310 e. The van der Waals surface area contributed by atoms with Gasteiger partial charge in [-0.3, -0.25) is 9.59 Å². The quantitative estimate of drug-likeness (QED) is 0.408. The van der Waals surface area contributed by atoms with E-state index in [0.717, 1.165) is 6.07 Å². The number of aromatic hydroxyl groups is 3. The molecule has 1 aromatic rings. The molecule has 0 spiro atoms. The molecule has 0 aliphatic heterocycles. The van der Waals surface area contributed by atoms with E-state index in [9.17, 15) is 24.9 Å². The lowest BCUT2D eigenvalue weighted by atomic mass is 9.99. The Labute approximate surface area is 97.1 Å². The first-order valence-electron chi connectivity index (χ1n) is 4.73. The molecule has 0 amide bonds. The van der Waals surface area contributed by atoms with Crippen molar-refractivity contribution in [1.29, 1.82) is 0 Å². The maximum atomic E-state index is 11.3. The third-order valence-corrected chi connectivity index (χ3v) is 2.25. The number of benzene rings is 1. The second-order valence-corrected chi connectivity index (χ2v) is 3.44. The van der Waals surface area contributed by atoms with Crippen LogP contribution in [0.4, 0.5) is 0 Å². The summed E-state index contributed by atoms with van der Waals surface area (Å²) in [6, 6.07) is 1.04. The van der Waals surface area contributed by atoms with Gasteiger partial charge in [0, 0.05) is 0 Å². The Bertz CT molecular complexity index is 477. The smallest absolute Gasteiger partial charge is 0.310 e. The van der Waals surface area contributed by atoms with Crippen molar-refractivity contribution in [3.05, 3.63) is 17.2 Å². The minimum absolute atomic E-state index is 0.0946. The third-order valence-electron chi connectivity index (χ3n) is 2.25. The topological polar surface area (TPSA) is 104 Å². The van der Waals surface area contributed by atoms with Gasteiger partial charge in [0.05, 0.1) is 19.1 Å². The van der Waals surface area contributed by atoms with E-state index in [-0.39, 0.29) is 17.5 Å². The number of esters is 1. The monoisotopic (exact) mass is 240 g/mol. The number of methoxy groups -OCH3 is 1. The summed E-state index contributed by atoms with van der Waals surface area (Å²) in [5.41, 5.74) is -0.108. The van der Waals surface area contributed by atoms with E-state index in [2.05, 4.69) is 4.74 Å². The molecule has 0 heterocycles. The average molecular weight is 240 g/mol. The number of carbonyl (C=O) groups is 2. The maximum absolute atomic E-state index is 11.3. The largest absolute Gasteiger partial charge is 0.504 e. The van der Waals surface area contributed by atoms with Crippen molar-refractivity contribution < 1.29 is 29.6 Å². The highest BCUT2D eigenvalue weighted by atomic mass is 16.5. The highest BCUT2D eigenvalue weighted by molar-refractivity contribution is 6.00. The number of rotatable bonds is 3. The fraction of sp³-hybridized carbons (Fsp3) is 0.273. The van der Waals surface area contributed by atoms with Crippen LogP contribution in [0.1, 0.15) is 22.8 Å². The SMILES string of the molecule is COC(=O)Cc1cc(O)c(O)c(O)c1C(C)=O. The average Bonchev–Trinajstić information content (AvgIpc) is 2.25. The molecule has 0 radical (unpaired) electrons. The second-order valence-electron chi connectivity index (χ2n) is 3.44. The van der Waals surface area contributed by atoms with Crippen molar-refractivity contribution >= 4 is 11.8 Å². The number of Topliss-reactive ketones (excluding diaryl/α,β-unsaturated/α-hetero) is 1. The molecule has 92 valence electrons. The van der Waals surface area contributed by atoms with Crippen LogP contribution in [-0.2, 0) is 16.0 Å². The molecule has 0 aromatic heterocycles. The van der Waals surface area contributed by atoms with E-state index < -0.39 is 29.0 Å². The predicted molar refractivity (Wildman–Crippen MR) is 57.2 cm³/mol. The fourth-order valence-electron chi connectivity index (χ4n) is 1.46. The zero-order chi connectivity index (χ0) is 13.2. The summed E-state index contributed by atoms with van der Waals surface area (Å²) in [4.78, 5) is 22.4. The minimum atomic E-state index is -0.788. The summed E-state index contributed by atoms with van der Waals surface area (Å²) < 4.78 is 4.42. The minimum Gasteiger partial charge on any atom is -0.504 e. The van der Waals surface area contributed by atoms with Crippen LogP contribution in [0.2, 0.25) is 0 Å². The first-order valence-corrected chi connectivity index (χ1v) is 4.73. The molecule has 1 rings (SSSR count). The third kappa shape index (κ3) is 2.47. The van der Waals surface area contributed by atoms with Gasteiger partial charge in [-0.15, -0.1) is 0 Å². The number of phenols is 3. The molecule has 6 nitrogen and oxygen atoms in total. The molecule has 0 saturated heterocycles. The van der Waals surface area contributed by atoms with Crippen molar-refractivity contribution in [2.45, 2.75) is 13.3 Å². The Morgan fingerprint density at radius 3 is 2.29 bits per heavy atom. The van der Waals surface area contributed by atoms with Gasteiger partial charge in [-0.1, -0.05) is 0 Å². The van der Waals surface area contributed by atoms with Crippen LogP contribution in [0, 0.1) is 0 Å². The van der Waals surface area contributed by atoms with Crippen molar-refractivity contribution in [1.82, 2.24) is 0 Å². The van der Waals surface area contributed by atoms with Crippen LogP contribution in [0.5, 0.6) is 17.2 Å². The summed E-state index contributed by atoms with van der Waals surface area (Å²) in [5, 5.41) is 28.1. The van der Waals surface area contributed by atoms with Crippen molar-refractivity contribution in [3.63, 3.8) is 0 Å². The molecular weight excluding hydrogens is 228 g/mol. The normalized spacial score (nSPS) is 10.0. The fourth-order valence-corrected chi connectivity index (χ4v) is 1.46. The molecule has 0 unspecified atom stereocenters. The van der Waals surface area contributed by atoms with Crippen LogP contribution in [0.15, 0.2) is 6.07 Å². The van der Waals surface area contributed by atoms with Gasteiger partial charge < -0.3 is 20.1 Å². The summed E-state index contributed by atoms with van der Waals surface area (Å²) in [7, 11) is 1.18. The van der Waals surface area contributed by atoms with E-state index in [0.29, 0.717) is 0 Å². The molecule has 0 fully saturated rings. The molecule has 0 saturated carbocycles. The lowest BCUT2D eigenvalue weighted by Gasteiger charge is -2.10. The Morgan fingerprint density at radius 1 is 1.24 bits per heavy atom. The Hall–Kier alpha value is -2.24. The predicted octanol–water partition coefficient (Wildman–Crippen LogP) is 0.721. The Morgan fingerprint density at radius 2 is 1.82 bits per heavy atom. The first kappa shape index (κ1) is 12.8. The Kier molecular flexibility index (Phi) is 3.57. The van der Waals surface area contributed by atoms with Crippen molar-refractivity contribution in [2.75, 3.05) is 7.11 Å². The molecule has 0 aliphatic carbocycles. The summed E-state index contributed by atoms with van der Waals surface area (Å²) in [6.45, 7) is 1.17. The Balaban J connectivity index is 3.37. The number of hydrogen-bond acceptors (Lipinski definition) is 6. The lowest BCUT2D eigenvalue weighted by Crippen LogP contribution is -2.09. The zero-order valence-electron chi connectivity index (χ0n) is 9.35. The second kappa shape index (κ2) is 4.73. The molecule has 0 atom stereocenters. The van der Waals surface area contributed by atoms with Gasteiger partial charge in [0.1, 0.15) is 0 Å². The number of ether oxygens (including phenoxy) is 1. The summed E-state index contributed by atoms with van der Waals surface area (Å²) in [6.07, 6.45) is -0.285. The summed E-state index contributed by atoms with van der Waals surface area (Å²) in [5.74, 6) is -3.29. The van der Waals surface area contributed by atoms with Crippen molar-refractivity contribution in [3.8, 4) is 17.2 Å². The van der Waals surface area contributed by atoms with E-state index in [1.165, 1.54) is 14.0 Å². The van der Waals surface area contributed by atoms with Gasteiger partial charge in [-0.2, -0.15) is 0 Å². The molecule has 6 heteroatoms. The molecule has 1 aromatic carbocycles. The van der Waals surface area contributed by atoms with Gasteiger partial charge >= 0.3 is 5.97 Å². The first-order chi connectivity index (χ1) is 7.88.